The highest BCUT2D eigenvalue weighted by atomic mass is 16.7. The van der Waals surface area contributed by atoms with Gasteiger partial charge in [0.2, 0.25) is 0 Å². The summed E-state index contributed by atoms with van der Waals surface area (Å²) in [5.74, 6) is -0.122. The van der Waals surface area contributed by atoms with E-state index in [2.05, 4.69) is 6.92 Å². The Labute approximate surface area is 104 Å². The Morgan fingerprint density at radius 1 is 1.18 bits per heavy atom. The summed E-state index contributed by atoms with van der Waals surface area (Å²) < 4.78 is 11.2. The Morgan fingerprint density at radius 3 is 2.35 bits per heavy atom. The number of hydrogen-bond donors (Lipinski definition) is 0. The minimum atomic E-state index is -0.595. The van der Waals surface area contributed by atoms with Crippen LogP contribution in [0.25, 0.3) is 0 Å². The zero-order valence-electron chi connectivity index (χ0n) is 11.1. The van der Waals surface area contributed by atoms with E-state index >= 15 is 0 Å². The maximum atomic E-state index is 12.2. The van der Waals surface area contributed by atoms with Gasteiger partial charge >= 0.3 is 5.97 Å². The molecule has 0 aromatic carbocycles. The molecular weight excluding hydrogens is 216 g/mol. The minimum Gasteiger partial charge on any atom is -0.464 e. The van der Waals surface area contributed by atoms with Gasteiger partial charge < -0.3 is 9.47 Å². The Morgan fingerprint density at radius 2 is 1.82 bits per heavy atom. The molecule has 0 aromatic rings. The van der Waals surface area contributed by atoms with E-state index in [1.165, 1.54) is 25.7 Å². The van der Waals surface area contributed by atoms with Crippen molar-refractivity contribution < 1.29 is 14.3 Å². The summed E-state index contributed by atoms with van der Waals surface area (Å²) >= 11 is 0. The molecule has 1 spiro atoms. The summed E-state index contributed by atoms with van der Waals surface area (Å²) in [7, 11) is 0. The van der Waals surface area contributed by atoms with Crippen molar-refractivity contribution >= 4 is 5.97 Å². The Hall–Kier alpha value is -0.570. The van der Waals surface area contributed by atoms with Gasteiger partial charge in [-0.05, 0) is 26.2 Å². The van der Waals surface area contributed by atoms with Crippen LogP contribution in [0.15, 0.2) is 0 Å². The molecule has 1 aliphatic heterocycles. The standard InChI is InChI=1S/C14H24O3/c1-3-9-14(12(15)16-4-2)13(17-14)10-7-5-6-8-11-13/h3-11H2,1-2H3. The van der Waals surface area contributed by atoms with Crippen molar-refractivity contribution in [3.8, 4) is 0 Å². The number of hydrogen-bond acceptors (Lipinski definition) is 3. The number of carbonyl (C=O) groups is 1. The van der Waals surface area contributed by atoms with Crippen LogP contribution in [0, 0.1) is 0 Å². The van der Waals surface area contributed by atoms with E-state index in [0.717, 1.165) is 25.7 Å². The zero-order valence-corrected chi connectivity index (χ0v) is 11.1. The predicted molar refractivity (Wildman–Crippen MR) is 65.8 cm³/mol. The van der Waals surface area contributed by atoms with Gasteiger partial charge in [0, 0.05) is 0 Å². The Balaban J connectivity index is 2.12. The van der Waals surface area contributed by atoms with Crippen LogP contribution in [0.3, 0.4) is 0 Å². The largest absolute Gasteiger partial charge is 0.464 e. The third-order valence-electron chi connectivity index (χ3n) is 4.18. The number of epoxide rings is 1. The Bertz CT molecular complexity index is 279. The highest BCUT2D eigenvalue weighted by molar-refractivity contribution is 5.85. The molecule has 1 atom stereocenters. The number of carbonyl (C=O) groups excluding carboxylic acids is 1. The van der Waals surface area contributed by atoms with Gasteiger partial charge in [0.15, 0.2) is 5.60 Å². The van der Waals surface area contributed by atoms with Gasteiger partial charge in [-0.1, -0.05) is 39.0 Å². The summed E-state index contributed by atoms with van der Waals surface area (Å²) in [5.41, 5.74) is -0.770. The molecule has 1 heterocycles. The second-order valence-electron chi connectivity index (χ2n) is 5.31. The first-order valence-electron chi connectivity index (χ1n) is 7.08. The lowest BCUT2D eigenvalue weighted by molar-refractivity contribution is -0.149. The van der Waals surface area contributed by atoms with Gasteiger partial charge in [-0.3, -0.25) is 0 Å². The summed E-state index contributed by atoms with van der Waals surface area (Å²) in [5, 5.41) is 0. The molecule has 1 saturated carbocycles. The van der Waals surface area contributed by atoms with Gasteiger partial charge in [0.25, 0.3) is 0 Å². The van der Waals surface area contributed by atoms with Gasteiger partial charge in [0.05, 0.1) is 6.61 Å². The molecule has 0 aromatic heterocycles. The minimum absolute atomic E-state index is 0.122. The SMILES string of the molecule is CCCC1(C(=O)OCC)OC12CCCCCC2. The van der Waals surface area contributed by atoms with Crippen molar-refractivity contribution in [2.45, 2.75) is 76.4 Å². The number of rotatable bonds is 4. The Kier molecular flexibility index (Phi) is 3.76. The summed E-state index contributed by atoms with van der Waals surface area (Å²) in [6, 6.07) is 0. The van der Waals surface area contributed by atoms with Crippen LogP contribution in [-0.2, 0) is 14.3 Å². The second kappa shape index (κ2) is 4.97. The highest BCUT2D eigenvalue weighted by Crippen LogP contribution is 2.58. The monoisotopic (exact) mass is 240 g/mol. The van der Waals surface area contributed by atoms with Gasteiger partial charge in [-0.15, -0.1) is 0 Å². The molecule has 0 N–H and O–H groups in total. The van der Waals surface area contributed by atoms with E-state index in [1.807, 2.05) is 6.92 Å². The van der Waals surface area contributed by atoms with Crippen molar-refractivity contribution in [1.82, 2.24) is 0 Å². The molecule has 1 saturated heterocycles. The fraction of sp³-hybridized carbons (Fsp3) is 0.929. The van der Waals surface area contributed by atoms with Crippen LogP contribution < -0.4 is 0 Å². The third-order valence-corrected chi connectivity index (χ3v) is 4.18. The molecule has 2 aliphatic rings. The predicted octanol–water partition coefficient (Wildman–Crippen LogP) is 3.21. The van der Waals surface area contributed by atoms with Crippen molar-refractivity contribution in [2.24, 2.45) is 0 Å². The van der Waals surface area contributed by atoms with Gasteiger partial charge in [0.1, 0.15) is 5.60 Å². The lowest BCUT2D eigenvalue weighted by Gasteiger charge is -2.16. The molecule has 0 amide bonds. The van der Waals surface area contributed by atoms with Gasteiger partial charge in [-0.2, -0.15) is 0 Å². The molecule has 98 valence electrons. The summed E-state index contributed by atoms with van der Waals surface area (Å²) in [6.07, 6.45) is 8.77. The highest BCUT2D eigenvalue weighted by Gasteiger charge is 2.73. The van der Waals surface area contributed by atoms with Crippen molar-refractivity contribution in [3.63, 3.8) is 0 Å². The molecule has 17 heavy (non-hydrogen) atoms. The van der Waals surface area contributed by atoms with E-state index in [1.54, 1.807) is 0 Å². The van der Waals surface area contributed by atoms with Crippen molar-refractivity contribution in [2.75, 3.05) is 6.61 Å². The van der Waals surface area contributed by atoms with Crippen LogP contribution in [0.5, 0.6) is 0 Å². The normalized spacial score (nSPS) is 30.9. The first-order chi connectivity index (χ1) is 8.21. The van der Waals surface area contributed by atoms with Crippen LogP contribution >= 0.6 is 0 Å². The summed E-state index contributed by atoms with van der Waals surface area (Å²) in [4.78, 5) is 12.2. The lowest BCUT2D eigenvalue weighted by atomic mass is 9.83. The molecule has 3 nitrogen and oxygen atoms in total. The van der Waals surface area contributed by atoms with E-state index in [-0.39, 0.29) is 11.6 Å². The van der Waals surface area contributed by atoms with Crippen molar-refractivity contribution in [1.29, 1.82) is 0 Å². The van der Waals surface area contributed by atoms with E-state index in [0.29, 0.717) is 6.61 Å². The zero-order chi connectivity index (χ0) is 12.4. The number of esters is 1. The average molecular weight is 240 g/mol. The molecule has 2 rings (SSSR count). The van der Waals surface area contributed by atoms with E-state index < -0.39 is 5.60 Å². The summed E-state index contributed by atoms with van der Waals surface area (Å²) in [6.45, 7) is 4.41. The van der Waals surface area contributed by atoms with Crippen LogP contribution in [-0.4, -0.2) is 23.8 Å². The second-order valence-corrected chi connectivity index (χ2v) is 5.31. The lowest BCUT2D eigenvalue weighted by Crippen LogP contribution is -2.35. The van der Waals surface area contributed by atoms with Crippen molar-refractivity contribution in [3.05, 3.63) is 0 Å². The van der Waals surface area contributed by atoms with Crippen LogP contribution in [0.4, 0.5) is 0 Å². The molecule has 2 fully saturated rings. The molecule has 0 radical (unpaired) electrons. The molecule has 1 unspecified atom stereocenters. The fourth-order valence-electron chi connectivity index (χ4n) is 3.32. The molecule has 3 heteroatoms. The quantitative estimate of drug-likeness (QED) is 0.559. The average Bonchev–Trinajstić information content (AvgIpc) is 3.00. The van der Waals surface area contributed by atoms with Gasteiger partial charge in [-0.25, -0.2) is 4.79 Å². The van der Waals surface area contributed by atoms with E-state index in [4.69, 9.17) is 9.47 Å². The third kappa shape index (κ3) is 2.10. The maximum absolute atomic E-state index is 12.2. The molecule has 1 aliphatic carbocycles. The van der Waals surface area contributed by atoms with E-state index in [9.17, 15) is 4.79 Å². The molecule has 0 bridgehead atoms. The molecular formula is C14H24O3. The smallest absolute Gasteiger partial charge is 0.341 e. The van der Waals surface area contributed by atoms with Crippen LogP contribution in [0.2, 0.25) is 0 Å². The maximum Gasteiger partial charge on any atom is 0.341 e. The topological polar surface area (TPSA) is 38.8 Å². The van der Waals surface area contributed by atoms with Crippen LogP contribution in [0.1, 0.15) is 65.2 Å². The first-order valence-corrected chi connectivity index (χ1v) is 7.08. The number of ether oxygens (including phenoxy) is 2. The first kappa shape index (κ1) is 12.9. The fourth-order valence-corrected chi connectivity index (χ4v) is 3.32.